The summed E-state index contributed by atoms with van der Waals surface area (Å²) in [5, 5.41) is 0. The summed E-state index contributed by atoms with van der Waals surface area (Å²) in [6.07, 6.45) is 4.31. The molecule has 2 unspecified atom stereocenters. The second-order valence-corrected chi connectivity index (χ2v) is 6.63. The third kappa shape index (κ3) is 0.858. The van der Waals surface area contributed by atoms with Crippen molar-refractivity contribution in [3.8, 4) is 0 Å². The third-order valence-corrected chi connectivity index (χ3v) is 6.03. The molecule has 0 amide bonds. The minimum absolute atomic E-state index is 0.229. The van der Waals surface area contributed by atoms with Gasteiger partial charge in [0.2, 0.25) is 0 Å². The van der Waals surface area contributed by atoms with E-state index in [2.05, 4.69) is 0 Å². The second-order valence-electron chi connectivity index (χ2n) is 6.63. The molecule has 4 aliphatic carbocycles. The topological polar surface area (TPSA) is 26.3 Å². The number of ether oxygens (including phenoxy) is 1. The van der Waals surface area contributed by atoms with E-state index in [0.717, 1.165) is 19.8 Å². The van der Waals surface area contributed by atoms with E-state index >= 15 is 0 Å². The number of esters is 1. The Morgan fingerprint density at radius 3 is 2.29 bits per heavy atom. The Kier molecular flexibility index (Phi) is 1.52. The van der Waals surface area contributed by atoms with Crippen molar-refractivity contribution >= 4 is 5.97 Å². The highest BCUT2D eigenvalue weighted by atomic mass is 19.3. The second kappa shape index (κ2) is 2.52. The Morgan fingerprint density at radius 1 is 1.29 bits per heavy atom. The third-order valence-electron chi connectivity index (χ3n) is 6.03. The molecule has 1 spiro atoms. The SMILES string of the molecule is CC(F)(F)COC(=O)C12CC3CC4CC(C1)C432. The van der Waals surface area contributed by atoms with Crippen LogP contribution in [0.15, 0.2) is 0 Å². The van der Waals surface area contributed by atoms with Gasteiger partial charge in [0, 0.05) is 6.92 Å². The summed E-state index contributed by atoms with van der Waals surface area (Å²) >= 11 is 0. The van der Waals surface area contributed by atoms with Crippen LogP contribution in [0.2, 0.25) is 0 Å². The number of alkyl halides is 2. The van der Waals surface area contributed by atoms with Crippen molar-refractivity contribution in [2.24, 2.45) is 28.6 Å². The van der Waals surface area contributed by atoms with Crippen LogP contribution in [0.25, 0.3) is 0 Å². The fourth-order valence-corrected chi connectivity index (χ4v) is 5.61. The first-order chi connectivity index (χ1) is 7.90. The van der Waals surface area contributed by atoms with Gasteiger partial charge in [-0.1, -0.05) is 0 Å². The van der Waals surface area contributed by atoms with Crippen LogP contribution in [-0.2, 0) is 9.53 Å². The Balaban J connectivity index is 1.48. The standard InChI is InChI=1S/C13H16F2O2/c1-11(14,15)6-17-10(16)12-4-8-2-7-3-9(5-12)13(7,8)12/h7-9H,2-6H2,1H3. The van der Waals surface area contributed by atoms with E-state index in [0.29, 0.717) is 17.8 Å². The van der Waals surface area contributed by atoms with E-state index in [9.17, 15) is 13.6 Å². The molecule has 0 bridgehead atoms. The highest BCUT2D eigenvalue weighted by Gasteiger charge is 2.90. The van der Waals surface area contributed by atoms with Crippen molar-refractivity contribution in [1.82, 2.24) is 0 Å². The Morgan fingerprint density at radius 2 is 1.88 bits per heavy atom. The average Bonchev–Trinajstić information content (AvgIpc) is 2.08. The van der Waals surface area contributed by atoms with E-state index in [4.69, 9.17) is 4.74 Å². The molecule has 0 saturated heterocycles. The Bertz CT molecular complexity index is 387. The molecule has 17 heavy (non-hydrogen) atoms. The Labute approximate surface area is 98.7 Å². The predicted molar refractivity (Wildman–Crippen MR) is 55.4 cm³/mol. The van der Waals surface area contributed by atoms with Gasteiger partial charge in [-0.05, 0) is 48.9 Å². The lowest BCUT2D eigenvalue weighted by atomic mass is 9.13. The van der Waals surface area contributed by atoms with E-state index in [1.54, 1.807) is 0 Å². The van der Waals surface area contributed by atoms with Crippen LogP contribution < -0.4 is 0 Å². The molecule has 0 N–H and O–H groups in total. The summed E-state index contributed by atoms with van der Waals surface area (Å²) in [6, 6.07) is 0. The van der Waals surface area contributed by atoms with Gasteiger partial charge in [-0.15, -0.1) is 0 Å². The summed E-state index contributed by atoms with van der Waals surface area (Å²) in [4.78, 5) is 12.1. The van der Waals surface area contributed by atoms with Crippen molar-refractivity contribution in [2.75, 3.05) is 6.61 Å². The van der Waals surface area contributed by atoms with Crippen LogP contribution in [0.4, 0.5) is 8.78 Å². The lowest BCUT2D eigenvalue weighted by Crippen LogP contribution is -2.87. The molecule has 4 heteroatoms. The summed E-state index contributed by atoms with van der Waals surface area (Å²) in [5.41, 5.74) is -0.109. The van der Waals surface area contributed by atoms with Gasteiger partial charge in [-0.2, -0.15) is 0 Å². The molecule has 0 aromatic rings. The average molecular weight is 242 g/mol. The maximum Gasteiger partial charge on any atom is 0.312 e. The smallest absolute Gasteiger partial charge is 0.312 e. The molecular weight excluding hydrogens is 226 g/mol. The van der Waals surface area contributed by atoms with Crippen LogP contribution >= 0.6 is 0 Å². The van der Waals surface area contributed by atoms with Gasteiger partial charge >= 0.3 is 5.97 Å². The monoisotopic (exact) mass is 242 g/mol. The lowest BCUT2D eigenvalue weighted by Gasteiger charge is -2.89. The van der Waals surface area contributed by atoms with E-state index in [-0.39, 0.29) is 16.8 Å². The Hall–Kier alpha value is -0.670. The van der Waals surface area contributed by atoms with Crippen LogP contribution in [-0.4, -0.2) is 18.5 Å². The maximum atomic E-state index is 12.7. The minimum atomic E-state index is -2.91. The van der Waals surface area contributed by atoms with Crippen molar-refractivity contribution in [1.29, 1.82) is 0 Å². The predicted octanol–water partition coefficient (Wildman–Crippen LogP) is 2.62. The zero-order chi connectivity index (χ0) is 12.1. The van der Waals surface area contributed by atoms with Crippen LogP contribution in [0.1, 0.15) is 32.6 Å². The van der Waals surface area contributed by atoms with Gasteiger partial charge < -0.3 is 4.74 Å². The van der Waals surface area contributed by atoms with Gasteiger partial charge in [0.15, 0.2) is 6.61 Å². The number of halogens is 2. The first kappa shape index (κ1) is 10.3. The summed E-state index contributed by atoms with van der Waals surface area (Å²) < 4.78 is 30.3. The molecule has 2 nitrogen and oxygen atoms in total. The van der Waals surface area contributed by atoms with Crippen molar-refractivity contribution < 1.29 is 18.3 Å². The van der Waals surface area contributed by atoms with E-state index in [1.807, 2.05) is 0 Å². The molecule has 4 rings (SSSR count). The van der Waals surface area contributed by atoms with Gasteiger partial charge in [0.05, 0.1) is 5.41 Å². The van der Waals surface area contributed by atoms with Crippen molar-refractivity contribution in [3.05, 3.63) is 0 Å². The van der Waals surface area contributed by atoms with Gasteiger partial charge in [0.1, 0.15) is 0 Å². The number of carbonyl (C=O) groups is 1. The minimum Gasteiger partial charge on any atom is -0.459 e. The molecule has 0 aromatic heterocycles. The maximum absolute atomic E-state index is 12.7. The number of hydrogen-bond donors (Lipinski definition) is 0. The summed E-state index contributed by atoms with van der Waals surface area (Å²) in [7, 11) is 0. The zero-order valence-corrected chi connectivity index (χ0v) is 9.84. The van der Waals surface area contributed by atoms with Crippen molar-refractivity contribution in [3.63, 3.8) is 0 Å². The first-order valence-electron chi connectivity index (χ1n) is 6.45. The molecule has 4 saturated carbocycles. The first-order valence-corrected chi connectivity index (χ1v) is 6.45. The fraction of sp³-hybridized carbons (Fsp3) is 0.923. The van der Waals surface area contributed by atoms with Gasteiger partial charge in [0.25, 0.3) is 5.92 Å². The molecule has 4 aliphatic rings. The number of hydrogen-bond acceptors (Lipinski definition) is 2. The molecule has 4 fully saturated rings. The summed E-state index contributed by atoms with van der Waals surface area (Å²) in [5.74, 6) is -1.13. The fourth-order valence-electron chi connectivity index (χ4n) is 5.61. The van der Waals surface area contributed by atoms with Gasteiger partial charge in [-0.25, -0.2) is 8.78 Å². The van der Waals surface area contributed by atoms with E-state index in [1.165, 1.54) is 12.8 Å². The highest BCUT2D eigenvalue weighted by molar-refractivity contribution is 5.83. The van der Waals surface area contributed by atoms with Gasteiger partial charge in [-0.3, -0.25) is 4.79 Å². The van der Waals surface area contributed by atoms with Crippen LogP contribution in [0.5, 0.6) is 0 Å². The van der Waals surface area contributed by atoms with Crippen LogP contribution in [0.3, 0.4) is 0 Å². The number of carbonyl (C=O) groups excluding carboxylic acids is 1. The molecule has 0 radical (unpaired) electrons. The quantitative estimate of drug-likeness (QED) is 0.711. The lowest BCUT2D eigenvalue weighted by molar-refractivity contribution is -0.418. The normalized spacial score (nSPS) is 53.0. The molecule has 94 valence electrons. The zero-order valence-electron chi connectivity index (χ0n) is 9.84. The molecule has 0 heterocycles. The number of rotatable bonds is 3. The highest BCUT2D eigenvalue weighted by Crippen LogP contribution is 2.93. The largest absolute Gasteiger partial charge is 0.459 e. The molecule has 0 aromatic carbocycles. The molecular formula is C13H16F2O2. The van der Waals surface area contributed by atoms with Crippen molar-refractivity contribution in [2.45, 2.75) is 38.5 Å². The molecule has 2 atom stereocenters. The van der Waals surface area contributed by atoms with Crippen LogP contribution in [0, 0.1) is 28.6 Å². The summed E-state index contributed by atoms with van der Waals surface area (Å²) in [6.45, 7) is 0.0303. The molecule has 0 aliphatic heterocycles. The van der Waals surface area contributed by atoms with E-state index < -0.39 is 12.5 Å².